The van der Waals surface area contributed by atoms with Gasteiger partial charge in [-0.2, -0.15) is 5.10 Å². The number of unbranched alkanes of at least 4 members (excludes halogenated alkanes) is 1. The summed E-state index contributed by atoms with van der Waals surface area (Å²) in [4.78, 5) is 16.2. The first-order valence-corrected chi connectivity index (χ1v) is 10.2. The minimum absolute atomic E-state index is 0.135. The van der Waals surface area contributed by atoms with E-state index in [1.807, 2.05) is 30.5 Å². The van der Waals surface area contributed by atoms with E-state index in [1.54, 1.807) is 6.07 Å². The van der Waals surface area contributed by atoms with E-state index in [4.69, 9.17) is 21.4 Å². The molecule has 0 unspecified atom stereocenters. The predicted molar refractivity (Wildman–Crippen MR) is 112 cm³/mol. The molecule has 0 aromatic carbocycles. The van der Waals surface area contributed by atoms with Gasteiger partial charge in [-0.3, -0.25) is 4.79 Å². The molecule has 0 aliphatic heterocycles. The Morgan fingerprint density at radius 1 is 1.18 bits per heavy atom. The molecule has 3 aromatic heterocycles. The maximum atomic E-state index is 11.6. The van der Waals surface area contributed by atoms with Crippen LogP contribution in [0.3, 0.4) is 0 Å². The number of fused-ring (bicyclic) bond motifs is 1. The van der Waals surface area contributed by atoms with Crippen molar-refractivity contribution in [3.8, 4) is 11.3 Å². The van der Waals surface area contributed by atoms with Gasteiger partial charge in [-0.1, -0.05) is 24.6 Å². The second-order valence-electron chi connectivity index (χ2n) is 6.77. The first-order chi connectivity index (χ1) is 13.5. The molecule has 0 bridgehead atoms. The van der Waals surface area contributed by atoms with Gasteiger partial charge in [-0.05, 0) is 69.4 Å². The molecule has 0 N–H and O–H groups in total. The lowest BCUT2D eigenvalue weighted by molar-refractivity contribution is -0.143. The van der Waals surface area contributed by atoms with Crippen molar-refractivity contribution in [1.82, 2.24) is 14.6 Å². The number of hydrogen-bond acceptors (Lipinski definition) is 4. The quantitative estimate of drug-likeness (QED) is 0.297. The highest BCUT2D eigenvalue weighted by Crippen LogP contribution is 2.32. The molecule has 28 heavy (non-hydrogen) atoms. The molecule has 3 rings (SSSR count). The summed E-state index contributed by atoms with van der Waals surface area (Å²) in [6.45, 7) is 6.42. The number of aryl methyl sites for hydroxylation is 2. The van der Waals surface area contributed by atoms with E-state index in [2.05, 4.69) is 24.0 Å². The average molecular weight is 400 g/mol. The summed E-state index contributed by atoms with van der Waals surface area (Å²) >= 11 is 6.18. The van der Waals surface area contributed by atoms with Gasteiger partial charge in [-0.15, -0.1) is 0 Å². The van der Waals surface area contributed by atoms with Crippen molar-refractivity contribution in [3.05, 3.63) is 52.4 Å². The number of esters is 1. The Morgan fingerprint density at radius 2 is 2.00 bits per heavy atom. The lowest BCUT2D eigenvalue weighted by Gasteiger charge is -2.15. The van der Waals surface area contributed by atoms with Crippen molar-refractivity contribution < 1.29 is 9.53 Å². The third-order valence-electron chi connectivity index (χ3n) is 4.87. The van der Waals surface area contributed by atoms with Crippen molar-refractivity contribution >= 4 is 23.1 Å². The zero-order valence-electron chi connectivity index (χ0n) is 16.7. The van der Waals surface area contributed by atoms with Gasteiger partial charge in [0.25, 0.3) is 0 Å². The Balaban J connectivity index is 1.97. The first kappa shape index (κ1) is 20.3. The van der Waals surface area contributed by atoms with E-state index in [-0.39, 0.29) is 5.97 Å². The molecule has 0 saturated carbocycles. The summed E-state index contributed by atoms with van der Waals surface area (Å²) in [5, 5.41) is 5.30. The highest BCUT2D eigenvalue weighted by molar-refractivity contribution is 6.29. The SMILES string of the molecule is CCOC(=O)CCCCc1c(C)nn2c(CC)ccc2c1-c1cccc(Cl)n1. The van der Waals surface area contributed by atoms with Crippen LogP contribution in [0.5, 0.6) is 0 Å². The van der Waals surface area contributed by atoms with Crippen molar-refractivity contribution in [3.63, 3.8) is 0 Å². The molecule has 0 saturated heterocycles. The van der Waals surface area contributed by atoms with Crippen LogP contribution in [0.2, 0.25) is 5.15 Å². The second-order valence-corrected chi connectivity index (χ2v) is 7.16. The summed E-state index contributed by atoms with van der Waals surface area (Å²) in [7, 11) is 0. The van der Waals surface area contributed by atoms with Crippen LogP contribution >= 0.6 is 11.6 Å². The molecule has 0 aliphatic carbocycles. The van der Waals surface area contributed by atoms with Gasteiger partial charge in [0.15, 0.2) is 0 Å². The van der Waals surface area contributed by atoms with Crippen LogP contribution in [0.15, 0.2) is 30.3 Å². The Hall–Kier alpha value is -2.40. The van der Waals surface area contributed by atoms with E-state index < -0.39 is 0 Å². The summed E-state index contributed by atoms with van der Waals surface area (Å²) in [6.07, 6.45) is 3.84. The van der Waals surface area contributed by atoms with Crippen LogP contribution in [0, 0.1) is 6.92 Å². The van der Waals surface area contributed by atoms with Crippen LogP contribution in [0.25, 0.3) is 16.8 Å². The highest BCUT2D eigenvalue weighted by atomic mass is 35.5. The minimum Gasteiger partial charge on any atom is -0.466 e. The van der Waals surface area contributed by atoms with Crippen LogP contribution < -0.4 is 0 Å². The predicted octanol–water partition coefficient (Wildman–Crippen LogP) is 5.20. The third-order valence-corrected chi connectivity index (χ3v) is 5.09. The molecular formula is C22H26ClN3O2. The topological polar surface area (TPSA) is 56.5 Å². The molecule has 0 aliphatic rings. The molecule has 6 heteroatoms. The molecule has 5 nitrogen and oxygen atoms in total. The Kier molecular flexibility index (Phi) is 6.68. The molecule has 0 amide bonds. The van der Waals surface area contributed by atoms with Crippen molar-refractivity contribution in [2.24, 2.45) is 0 Å². The maximum absolute atomic E-state index is 11.6. The van der Waals surface area contributed by atoms with Gasteiger partial charge in [0, 0.05) is 17.7 Å². The molecule has 0 atom stereocenters. The number of carbonyl (C=O) groups excluding carboxylic acids is 1. The maximum Gasteiger partial charge on any atom is 0.305 e. The lowest BCUT2D eigenvalue weighted by Crippen LogP contribution is -2.07. The summed E-state index contributed by atoms with van der Waals surface area (Å²) < 4.78 is 7.03. The van der Waals surface area contributed by atoms with Gasteiger partial charge in [0.2, 0.25) is 0 Å². The molecular weight excluding hydrogens is 374 g/mol. The Morgan fingerprint density at radius 3 is 2.71 bits per heavy atom. The molecule has 0 spiro atoms. The van der Waals surface area contributed by atoms with E-state index in [9.17, 15) is 4.79 Å². The number of ether oxygens (including phenoxy) is 1. The number of rotatable bonds is 8. The highest BCUT2D eigenvalue weighted by Gasteiger charge is 2.18. The fourth-order valence-electron chi connectivity index (χ4n) is 3.54. The number of halogens is 1. The van der Waals surface area contributed by atoms with Gasteiger partial charge < -0.3 is 4.74 Å². The van der Waals surface area contributed by atoms with E-state index >= 15 is 0 Å². The fraction of sp³-hybridized carbons (Fsp3) is 0.409. The van der Waals surface area contributed by atoms with E-state index in [1.165, 1.54) is 0 Å². The zero-order chi connectivity index (χ0) is 20.1. The minimum atomic E-state index is -0.135. The number of pyridine rings is 1. The molecule has 0 radical (unpaired) electrons. The largest absolute Gasteiger partial charge is 0.466 e. The smallest absolute Gasteiger partial charge is 0.305 e. The lowest BCUT2D eigenvalue weighted by atomic mass is 9.97. The van der Waals surface area contributed by atoms with E-state index in [0.29, 0.717) is 18.2 Å². The van der Waals surface area contributed by atoms with Crippen LogP contribution in [-0.4, -0.2) is 27.2 Å². The van der Waals surface area contributed by atoms with Crippen LogP contribution in [-0.2, 0) is 22.4 Å². The number of aromatic nitrogens is 3. The monoisotopic (exact) mass is 399 g/mol. The van der Waals surface area contributed by atoms with Crippen molar-refractivity contribution in [2.75, 3.05) is 6.61 Å². The molecule has 3 heterocycles. The zero-order valence-corrected chi connectivity index (χ0v) is 17.4. The summed E-state index contributed by atoms with van der Waals surface area (Å²) in [5.74, 6) is -0.135. The van der Waals surface area contributed by atoms with Gasteiger partial charge in [-0.25, -0.2) is 9.50 Å². The Labute approximate surface area is 170 Å². The average Bonchev–Trinajstić information content (AvgIpc) is 3.07. The van der Waals surface area contributed by atoms with E-state index in [0.717, 1.165) is 59.4 Å². The fourth-order valence-corrected chi connectivity index (χ4v) is 3.70. The first-order valence-electron chi connectivity index (χ1n) is 9.83. The number of hydrogen-bond donors (Lipinski definition) is 0. The van der Waals surface area contributed by atoms with Crippen molar-refractivity contribution in [2.45, 2.75) is 52.9 Å². The molecule has 148 valence electrons. The van der Waals surface area contributed by atoms with Crippen molar-refractivity contribution in [1.29, 1.82) is 0 Å². The Bertz CT molecular complexity index is 981. The normalized spacial score (nSPS) is 11.1. The standard InChI is InChI=1S/C22H26ClN3O2/c1-4-16-13-14-19-22(18-10-8-11-20(23)24-18)17(15(3)25-26(16)19)9-6-7-12-21(27)28-5-2/h8,10-11,13-14H,4-7,9,12H2,1-3H3. The number of nitrogens with zero attached hydrogens (tertiary/aromatic N) is 3. The molecule has 0 fully saturated rings. The van der Waals surface area contributed by atoms with Crippen LogP contribution in [0.4, 0.5) is 0 Å². The van der Waals surface area contributed by atoms with Gasteiger partial charge >= 0.3 is 5.97 Å². The summed E-state index contributed by atoms with van der Waals surface area (Å²) in [6, 6.07) is 9.91. The number of carbonyl (C=O) groups is 1. The third kappa shape index (κ3) is 4.36. The summed E-state index contributed by atoms with van der Waals surface area (Å²) in [5.41, 5.74) is 6.26. The van der Waals surface area contributed by atoms with Gasteiger partial charge in [0.1, 0.15) is 5.15 Å². The van der Waals surface area contributed by atoms with Gasteiger partial charge in [0.05, 0.1) is 23.5 Å². The second kappa shape index (κ2) is 9.20. The molecule has 3 aromatic rings. The van der Waals surface area contributed by atoms with Crippen LogP contribution in [0.1, 0.15) is 50.1 Å².